The minimum absolute atomic E-state index is 0.000177. The van der Waals surface area contributed by atoms with Gasteiger partial charge < -0.3 is 14.6 Å². The smallest absolute Gasteiger partial charge is 0.305 e. The number of carboxylic acid groups (broad SMARTS) is 1. The molecular weight excluding hydrogens is 291 g/mol. The van der Waals surface area contributed by atoms with Crippen molar-refractivity contribution in [3.05, 3.63) is 0 Å². The second-order valence-electron chi connectivity index (χ2n) is 5.93. The average Bonchev–Trinajstić information content (AvgIpc) is 2.10. The molecule has 0 bridgehead atoms. The molecule has 0 aromatic rings. The summed E-state index contributed by atoms with van der Waals surface area (Å²) in [6.07, 6.45) is 0.115. The van der Waals surface area contributed by atoms with Crippen LogP contribution in [0.15, 0.2) is 0 Å². The maximum Gasteiger partial charge on any atom is 0.305 e. The summed E-state index contributed by atoms with van der Waals surface area (Å²) in [6.45, 7) is 9.39. The van der Waals surface area contributed by atoms with Crippen LogP contribution < -0.4 is 0 Å². The van der Waals surface area contributed by atoms with Gasteiger partial charge in [0.05, 0.1) is 18.6 Å². The number of ether oxygens (including phenoxy) is 2. The van der Waals surface area contributed by atoms with E-state index < -0.39 is 11.8 Å². The number of hydrogen-bond acceptors (Lipinski definition) is 3. The third kappa shape index (κ3) is 11.5. The standard InChI is InChI=1S/C9H15ClO4.C4H9Cl/c1-9(2)13-6(4-8(11)12)3-7(5-10)14-9;1-4(2,3)5/h6-7H,3-5H2,1-2H3,(H,11,12);1-3H3/t6-,7+;/m1./s1. The number of hydrogen-bond donors (Lipinski definition) is 1. The Kier molecular flexibility index (Phi) is 7.66. The zero-order valence-electron chi connectivity index (χ0n) is 12.2. The molecule has 2 atom stereocenters. The third-order valence-electron chi connectivity index (χ3n) is 2.00. The van der Waals surface area contributed by atoms with E-state index in [1.165, 1.54) is 0 Å². The summed E-state index contributed by atoms with van der Waals surface area (Å²) in [5.74, 6) is -1.23. The largest absolute Gasteiger partial charge is 0.481 e. The van der Waals surface area contributed by atoms with Gasteiger partial charge in [0.2, 0.25) is 0 Å². The van der Waals surface area contributed by atoms with E-state index >= 15 is 0 Å². The van der Waals surface area contributed by atoms with Crippen LogP contribution in [-0.2, 0) is 14.3 Å². The van der Waals surface area contributed by atoms with E-state index in [0.29, 0.717) is 12.3 Å². The van der Waals surface area contributed by atoms with E-state index in [1.54, 1.807) is 13.8 Å². The van der Waals surface area contributed by atoms with Crippen LogP contribution in [0, 0.1) is 0 Å². The van der Waals surface area contributed by atoms with Crippen LogP contribution in [0.25, 0.3) is 0 Å². The normalized spacial score (nSPS) is 26.3. The lowest BCUT2D eigenvalue weighted by Crippen LogP contribution is -2.45. The molecule has 1 rings (SSSR count). The lowest BCUT2D eigenvalue weighted by Gasteiger charge is -2.39. The number of halogens is 2. The molecule has 0 saturated carbocycles. The van der Waals surface area contributed by atoms with Gasteiger partial charge in [-0.05, 0) is 34.6 Å². The Bertz CT molecular complexity index is 281. The Labute approximate surface area is 125 Å². The molecule has 0 aromatic heterocycles. The molecule has 0 radical (unpaired) electrons. The van der Waals surface area contributed by atoms with Crippen LogP contribution in [0.3, 0.4) is 0 Å². The van der Waals surface area contributed by atoms with Crippen LogP contribution in [0.5, 0.6) is 0 Å². The molecule has 1 N–H and O–H groups in total. The summed E-state index contributed by atoms with van der Waals surface area (Å²) in [4.78, 5) is 10.5. The van der Waals surface area contributed by atoms with Gasteiger partial charge in [0.1, 0.15) is 0 Å². The van der Waals surface area contributed by atoms with Gasteiger partial charge in [0.25, 0.3) is 0 Å². The summed E-state index contributed by atoms with van der Waals surface area (Å²) >= 11 is 11.2. The number of aliphatic carboxylic acids is 1. The predicted molar refractivity (Wildman–Crippen MR) is 77.0 cm³/mol. The maximum atomic E-state index is 10.5. The maximum absolute atomic E-state index is 10.5. The van der Waals surface area contributed by atoms with Gasteiger partial charge >= 0.3 is 5.97 Å². The van der Waals surface area contributed by atoms with Gasteiger partial charge in [0.15, 0.2) is 5.79 Å². The van der Waals surface area contributed by atoms with Crippen molar-refractivity contribution >= 4 is 29.2 Å². The molecule has 19 heavy (non-hydrogen) atoms. The highest BCUT2D eigenvalue weighted by atomic mass is 35.5. The number of alkyl halides is 2. The monoisotopic (exact) mass is 314 g/mol. The van der Waals surface area contributed by atoms with Crippen molar-refractivity contribution in [2.75, 3.05) is 5.88 Å². The number of carboxylic acids is 1. The molecule has 4 nitrogen and oxygen atoms in total. The Balaban J connectivity index is 0.000000555. The van der Waals surface area contributed by atoms with E-state index in [0.717, 1.165) is 0 Å². The van der Waals surface area contributed by atoms with Crippen LogP contribution >= 0.6 is 23.2 Å². The highest BCUT2D eigenvalue weighted by molar-refractivity contribution is 6.23. The first kappa shape index (κ1) is 19.0. The van der Waals surface area contributed by atoms with Gasteiger partial charge in [-0.1, -0.05) is 0 Å². The number of carbonyl (C=O) groups is 1. The SMILES string of the molecule is CC(C)(C)Cl.CC1(C)O[C@H](CCl)C[C@H](CC(=O)O)O1. The van der Waals surface area contributed by atoms with E-state index in [-0.39, 0.29) is 23.5 Å². The second kappa shape index (κ2) is 7.67. The van der Waals surface area contributed by atoms with Crippen molar-refractivity contribution in [2.45, 2.75) is 70.3 Å². The van der Waals surface area contributed by atoms with Gasteiger partial charge in [0, 0.05) is 17.2 Å². The van der Waals surface area contributed by atoms with Crippen LogP contribution in [0.4, 0.5) is 0 Å². The fraction of sp³-hybridized carbons (Fsp3) is 0.923. The Hall–Kier alpha value is -0.0300. The average molecular weight is 315 g/mol. The predicted octanol–water partition coefficient (Wildman–Crippen LogP) is 3.63. The molecule has 0 unspecified atom stereocenters. The zero-order chi connectivity index (χ0) is 15.3. The van der Waals surface area contributed by atoms with Crippen molar-refractivity contribution in [1.29, 1.82) is 0 Å². The molecule has 0 aromatic carbocycles. The summed E-state index contributed by atoms with van der Waals surface area (Å²) < 4.78 is 10.9. The van der Waals surface area contributed by atoms with Gasteiger partial charge in [-0.25, -0.2) is 0 Å². The molecule has 1 aliphatic rings. The van der Waals surface area contributed by atoms with E-state index in [4.69, 9.17) is 37.8 Å². The molecule has 1 fully saturated rings. The van der Waals surface area contributed by atoms with E-state index in [2.05, 4.69) is 0 Å². The van der Waals surface area contributed by atoms with E-state index in [9.17, 15) is 4.79 Å². The highest BCUT2D eigenvalue weighted by Gasteiger charge is 2.35. The topological polar surface area (TPSA) is 55.8 Å². The minimum atomic E-state index is -0.860. The van der Waals surface area contributed by atoms with Crippen LogP contribution in [0.2, 0.25) is 0 Å². The first-order valence-corrected chi connectivity index (χ1v) is 7.16. The fourth-order valence-electron chi connectivity index (χ4n) is 1.63. The number of rotatable bonds is 3. The third-order valence-corrected chi connectivity index (χ3v) is 2.35. The summed E-state index contributed by atoms with van der Waals surface area (Å²) in [7, 11) is 0. The lowest BCUT2D eigenvalue weighted by molar-refractivity contribution is -0.295. The first-order valence-electron chi connectivity index (χ1n) is 6.25. The van der Waals surface area contributed by atoms with Crippen molar-refractivity contribution in [2.24, 2.45) is 0 Å². The molecule has 0 aliphatic carbocycles. The fourth-order valence-corrected chi connectivity index (χ4v) is 1.82. The lowest BCUT2D eigenvalue weighted by atomic mass is 10.1. The molecule has 6 heteroatoms. The molecule has 0 amide bonds. The molecule has 114 valence electrons. The summed E-state index contributed by atoms with van der Waals surface area (Å²) in [6, 6.07) is 0. The van der Waals surface area contributed by atoms with E-state index in [1.807, 2.05) is 20.8 Å². The van der Waals surface area contributed by atoms with Crippen molar-refractivity contribution < 1.29 is 19.4 Å². The summed E-state index contributed by atoms with van der Waals surface area (Å²) in [5, 5.41) is 8.64. The van der Waals surface area contributed by atoms with Gasteiger partial charge in [-0.15, -0.1) is 23.2 Å². The second-order valence-corrected chi connectivity index (χ2v) is 7.38. The Morgan fingerprint density at radius 1 is 1.32 bits per heavy atom. The van der Waals surface area contributed by atoms with Gasteiger partial charge in [-0.3, -0.25) is 4.79 Å². The Morgan fingerprint density at radius 3 is 2.11 bits per heavy atom. The van der Waals surface area contributed by atoms with Crippen molar-refractivity contribution in [1.82, 2.24) is 0 Å². The van der Waals surface area contributed by atoms with Crippen molar-refractivity contribution in [3.8, 4) is 0 Å². The van der Waals surface area contributed by atoms with Crippen molar-refractivity contribution in [3.63, 3.8) is 0 Å². The molecule has 0 spiro atoms. The summed E-state index contributed by atoms with van der Waals surface area (Å²) in [5.41, 5.74) is 0. The first-order chi connectivity index (χ1) is 8.43. The molecular formula is C13H24Cl2O4. The minimum Gasteiger partial charge on any atom is -0.481 e. The van der Waals surface area contributed by atoms with Crippen LogP contribution in [0.1, 0.15) is 47.5 Å². The highest BCUT2D eigenvalue weighted by Crippen LogP contribution is 2.28. The molecule has 1 saturated heterocycles. The van der Waals surface area contributed by atoms with Crippen LogP contribution in [-0.4, -0.2) is 39.8 Å². The quantitative estimate of drug-likeness (QED) is 0.808. The molecule has 1 aliphatic heterocycles. The Morgan fingerprint density at radius 2 is 1.74 bits per heavy atom. The zero-order valence-corrected chi connectivity index (χ0v) is 13.7. The molecule has 1 heterocycles. The van der Waals surface area contributed by atoms with Gasteiger partial charge in [-0.2, -0.15) is 0 Å².